The highest BCUT2D eigenvalue weighted by atomic mass is 35.5. The summed E-state index contributed by atoms with van der Waals surface area (Å²) in [4.78, 5) is 17.2. The standard InChI is InChI=1S/C20H26ClN3O2S/c21-16-11-7-6-10-15(16)18(25)22-13-12-17-19(26)24-20(27-17)23-14-8-4-2-1-3-5-9-14/h6-7,10-11,14,26H,1-5,8-9,12-13H2,(H,22,25)(H,23,24). The second kappa shape index (κ2) is 9.95. The number of aromatic nitrogens is 1. The fourth-order valence-electron chi connectivity index (χ4n) is 3.37. The van der Waals surface area contributed by atoms with Crippen molar-refractivity contribution in [1.82, 2.24) is 10.3 Å². The minimum absolute atomic E-state index is 0.0559. The van der Waals surface area contributed by atoms with Crippen LogP contribution >= 0.6 is 22.9 Å². The van der Waals surface area contributed by atoms with Crippen molar-refractivity contribution < 1.29 is 9.90 Å². The Hall–Kier alpha value is -1.79. The quantitative estimate of drug-likeness (QED) is 0.629. The van der Waals surface area contributed by atoms with E-state index in [2.05, 4.69) is 15.6 Å². The minimum atomic E-state index is -0.211. The minimum Gasteiger partial charge on any atom is -0.492 e. The molecule has 0 aliphatic heterocycles. The lowest BCUT2D eigenvalue weighted by Crippen LogP contribution is -2.25. The van der Waals surface area contributed by atoms with Gasteiger partial charge in [-0.3, -0.25) is 4.79 Å². The SMILES string of the molecule is O=C(NCCc1sc(NC2CCCCCCC2)nc1O)c1ccccc1Cl. The van der Waals surface area contributed by atoms with Gasteiger partial charge in [0.15, 0.2) is 5.13 Å². The normalized spacial score (nSPS) is 15.7. The first-order valence-corrected chi connectivity index (χ1v) is 10.8. The van der Waals surface area contributed by atoms with Gasteiger partial charge in [0.2, 0.25) is 5.88 Å². The molecule has 1 aliphatic carbocycles. The number of benzene rings is 1. The van der Waals surface area contributed by atoms with Crippen molar-refractivity contribution in [2.45, 2.75) is 57.4 Å². The molecule has 1 aliphatic rings. The third-order valence-electron chi connectivity index (χ3n) is 4.87. The van der Waals surface area contributed by atoms with Crippen LogP contribution in [0.5, 0.6) is 5.88 Å². The van der Waals surface area contributed by atoms with Crippen LogP contribution < -0.4 is 10.6 Å². The van der Waals surface area contributed by atoms with Gasteiger partial charge in [-0.1, -0.05) is 67.2 Å². The number of nitrogens with zero attached hydrogens (tertiary/aromatic N) is 1. The van der Waals surface area contributed by atoms with Crippen LogP contribution in [-0.4, -0.2) is 28.6 Å². The number of aromatic hydroxyl groups is 1. The Morgan fingerprint density at radius 1 is 1.19 bits per heavy atom. The maximum absolute atomic E-state index is 12.2. The molecule has 1 heterocycles. The van der Waals surface area contributed by atoms with Gasteiger partial charge in [-0.2, -0.15) is 4.98 Å². The highest BCUT2D eigenvalue weighted by Crippen LogP contribution is 2.30. The van der Waals surface area contributed by atoms with E-state index < -0.39 is 0 Å². The summed E-state index contributed by atoms with van der Waals surface area (Å²) >= 11 is 7.51. The van der Waals surface area contributed by atoms with E-state index in [0.717, 1.165) is 22.9 Å². The summed E-state index contributed by atoms with van der Waals surface area (Å²) in [6, 6.07) is 7.39. The summed E-state index contributed by atoms with van der Waals surface area (Å²) in [5.74, 6) is -0.155. The lowest BCUT2D eigenvalue weighted by molar-refractivity contribution is 0.0954. The zero-order chi connectivity index (χ0) is 19.1. The van der Waals surface area contributed by atoms with Gasteiger partial charge in [-0.25, -0.2) is 0 Å². The van der Waals surface area contributed by atoms with Crippen LogP contribution in [0.4, 0.5) is 5.13 Å². The predicted octanol–water partition coefficient (Wildman–Crippen LogP) is 5.00. The van der Waals surface area contributed by atoms with Crippen LogP contribution in [0.25, 0.3) is 0 Å². The van der Waals surface area contributed by atoms with Crippen molar-refractivity contribution >= 4 is 34.0 Å². The Balaban J connectivity index is 1.50. The van der Waals surface area contributed by atoms with Crippen molar-refractivity contribution in [1.29, 1.82) is 0 Å². The van der Waals surface area contributed by atoms with Crippen LogP contribution in [-0.2, 0) is 6.42 Å². The van der Waals surface area contributed by atoms with Crippen LogP contribution in [0, 0.1) is 0 Å². The molecule has 1 aromatic carbocycles. The van der Waals surface area contributed by atoms with Crippen molar-refractivity contribution in [2.75, 3.05) is 11.9 Å². The van der Waals surface area contributed by atoms with E-state index in [1.807, 2.05) is 0 Å². The molecular formula is C20H26ClN3O2S. The van der Waals surface area contributed by atoms with Gasteiger partial charge in [-0.05, 0) is 25.0 Å². The van der Waals surface area contributed by atoms with E-state index in [9.17, 15) is 9.90 Å². The van der Waals surface area contributed by atoms with E-state index in [4.69, 9.17) is 11.6 Å². The summed E-state index contributed by atoms with van der Waals surface area (Å²) in [7, 11) is 0. The van der Waals surface area contributed by atoms with Crippen molar-refractivity contribution in [2.24, 2.45) is 0 Å². The lowest BCUT2D eigenvalue weighted by atomic mass is 9.97. The van der Waals surface area contributed by atoms with Gasteiger partial charge in [0, 0.05) is 19.0 Å². The van der Waals surface area contributed by atoms with E-state index in [1.54, 1.807) is 24.3 Å². The molecular weight excluding hydrogens is 382 g/mol. The molecule has 1 saturated carbocycles. The molecule has 7 heteroatoms. The molecule has 0 bridgehead atoms. The Morgan fingerprint density at radius 3 is 2.63 bits per heavy atom. The molecule has 5 nitrogen and oxygen atoms in total. The Morgan fingerprint density at radius 2 is 1.89 bits per heavy atom. The van der Waals surface area contributed by atoms with E-state index >= 15 is 0 Å². The average molecular weight is 408 g/mol. The number of thiazole rings is 1. The fraction of sp³-hybridized carbons (Fsp3) is 0.500. The number of amides is 1. The number of halogens is 1. The molecule has 1 fully saturated rings. The largest absolute Gasteiger partial charge is 0.492 e. The van der Waals surface area contributed by atoms with Gasteiger partial charge >= 0.3 is 0 Å². The van der Waals surface area contributed by atoms with E-state index in [-0.39, 0.29) is 11.8 Å². The number of hydrogen-bond acceptors (Lipinski definition) is 5. The molecule has 1 amide bonds. The number of nitrogens with one attached hydrogen (secondary N) is 2. The number of rotatable bonds is 6. The van der Waals surface area contributed by atoms with Crippen molar-refractivity contribution in [3.8, 4) is 5.88 Å². The molecule has 0 saturated heterocycles. The summed E-state index contributed by atoms with van der Waals surface area (Å²) < 4.78 is 0. The van der Waals surface area contributed by atoms with Crippen molar-refractivity contribution in [3.63, 3.8) is 0 Å². The molecule has 1 aromatic heterocycles. The summed E-state index contributed by atoms with van der Waals surface area (Å²) in [6.07, 6.45) is 9.29. The third-order valence-corrected chi connectivity index (χ3v) is 6.23. The maximum Gasteiger partial charge on any atom is 0.252 e. The molecule has 0 atom stereocenters. The molecule has 0 unspecified atom stereocenters. The van der Waals surface area contributed by atoms with Gasteiger partial charge in [-0.15, -0.1) is 0 Å². The zero-order valence-corrected chi connectivity index (χ0v) is 16.9. The Bertz CT molecular complexity index is 757. The van der Waals surface area contributed by atoms with Gasteiger partial charge in [0.1, 0.15) is 0 Å². The molecule has 2 aromatic rings. The number of hydrogen-bond donors (Lipinski definition) is 3. The van der Waals surface area contributed by atoms with E-state index in [1.165, 1.54) is 43.4 Å². The van der Waals surface area contributed by atoms with Crippen molar-refractivity contribution in [3.05, 3.63) is 39.7 Å². The highest BCUT2D eigenvalue weighted by Gasteiger charge is 2.16. The van der Waals surface area contributed by atoms with Gasteiger partial charge in [0.05, 0.1) is 15.5 Å². The molecule has 146 valence electrons. The first kappa shape index (κ1) is 20.0. The van der Waals surface area contributed by atoms with Crippen LogP contribution in [0.15, 0.2) is 24.3 Å². The summed E-state index contributed by atoms with van der Waals surface area (Å²) in [6.45, 7) is 0.419. The topological polar surface area (TPSA) is 74.2 Å². The van der Waals surface area contributed by atoms with E-state index in [0.29, 0.717) is 29.6 Å². The van der Waals surface area contributed by atoms with Crippen LogP contribution in [0.2, 0.25) is 5.02 Å². The lowest BCUT2D eigenvalue weighted by Gasteiger charge is -2.20. The smallest absolute Gasteiger partial charge is 0.252 e. The monoisotopic (exact) mass is 407 g/mol. The molecule has 27 heavy (non-hydrogen) atoms. The second-order valence-corrected chi connectivity index (χ2v) is 8.43. The second-order valence-electron chi connectivity index (χ2n) is 6.94. The molecule has 0 spiro atoms. The Labute approximate surface area is 169 Å². The third kappa shape index (κ3) is 5.84. The summed E-state index contributed by atoms with van der Waals surface area (Å²) in [5, 5.41) is 17.6. The maximum atomic E-state index is 12.2. The van der Waals surface area contributed by atoms with Gasteiger partial charge in [0.25, 0.3) is 5.91 Å². The molecule has 0 radical (unpaired) electrons. The average Bonchev–Trinajstić information content (AvgIpc) is 2.97. The number of carbonyl (C=O) groups is 1. The fourth-order valence-corrected chi connectivity index (χ4v) is 4.53. The predicted molar refractivity (Wildman–Crippen MR) is 111 cm³/mol. The zero-order valence-electron chi connectivity index (χ0n) is 15.3. The molecule has 3 rings (SSSR count). The van der Waals surface area contributed by atoms with Crippen LogP contribution in [0.1, 0.15) is 60.2 Å². The highest BCUT2D eigenvalue weighted by molar-refractivity contribution is 7.15. The first-order valence-electron chi connectivity index (χ1n) is 9.61. The van der Waals surface area contributed by atoms with Gasteiger partial charge < -0.3 is 15.7 Å². The summed E-state index contributed by atoms with van der Waals surface area (Å²) in [5.41, 5.74) is 0.458. The molecule has 3 N–H and O–H groups in total. The number of anilines is 1. The van der Waals surface area contributed by atoms with Crippen LogP contribution in [0.3, 0.4) is 0 Å². The Kier molecular flexibility index (Phi) is 7.35. The number of carbonyl (C=O) groups excluding carboxylic acids is 1. The first-order chi connectivity index (χ1) is 13.1.